The molecule has 1 aromatic rings. The van der Waals surface area contributed by atoms with Crippen LogP contribution in [0.3, 0.4) is 0 Å². The molecule has 1 fully saturated rings. The van der Waals surface area contributed by atoms with E-state index in [1.807, 2.05) is 0 Å². The number of nitrogens with one attached hydrogen (secondary N) is 1. The molecule has 4 heteroatoms. The van der Waals surface area contributed by atoms with Gasteiger partial charge in [0.25, 0.3) is 0 Å². The number of anilines is 2. The zero-order valence-electron chi connectivity index (χ0n) is 10.6. The number of aliphatic hydroxyl groups is 1. The minimum absolute atomic E-state index is 0.0426. The van der Waals surface area contributed by atoms with Crippen LogP contribution < -0.4 is 11.1 Å². The van der Waals surface area contributed by atoms with Gasteiger partial charge in [0.05, 0.1) is 18.0 Å². The van der Waals surface area contributed by atoms with Crippen LogP contribution in [0.2, 0.25) is 0 Å². The molecular weight excluding hydrogens is 231 g/mol. The number of benzene rings is 1. The number of halogens is 1. The summed E-state index contributed by atoms with van der Waals surface area (Å²) in [6, 6.07) is 4.36. The minimum atomic E-state index is -0.326. The summed E-state index contributed by atoms with van der Waals surface area (Å²) >= 11 is 0. The maximum atomic E-state index is 12.9. The zero-order valence-corrected chi connectivity index (χ0v) is 10.6. The Balaban J connectivity index is 2.01. The van der Waals surface area contributed by atoms with Crippen molar-refractivity contribution in [2.45, 2.75) is 32.1 Å². The molecule has 0 unspecified atom stereocenters. The number of nitrogens with two attached hydrogens (primary N) is 1. The molecule has 0 amide bonds. The normalized spacial score (nSPS) is 18.6. The Labute approximate surface area is 107 Å². The molecule has 0 atom stereocenters. The molecule has 0 aliphatic heterocycles. The summed E-state index contributed by atoms with van der Waals surface area (Å²) in [5.41, 5.74) is 6.87. The van der Waals surface area contributed by atoms with Gasteiger partial charge in [0.1, 0.15) is 5.82 Å². The highest BCUT2D eigenvalue weighted by Crippen LogP contribution is 2.36. The van der Waals surface area contributed by atoms with Gasteiger partial charge in [-0.05, 0) is 31.0 Å². The smallest absolute Gasteiger partial charge is 0.125 e. The van der Waals surface area contributed by atoms with E-state index in [0.29, 0.717) is 12.2 Å². The van der Waals surface area contributed by atoms with E-state index < -0.39 is 0 Å². The molecule has 0 heterocycles. The van der Waals surface area contributed by atoms with E-state index in [1.165, 1.54) is 31.4 Å². The van der Waals surface area contributed by atoms with E-state index in [1.54, 1.807) is 6.07 Å². The maximum Gasteiger partial charge on any atom is 0.125 e. The van der Waals surface area contributed by atoms with Gasteiger partial charge in [0.2, 0.25) is 0 Å². The fraction of sp³-hybridized carbons (Fsp3) is 0.571. The summed E-state index contributed by atoms with van der Waals surface area (Å²) in [5.74, 6) is -0.326. The maximum absolute atomic E-state index is 12.9. The van der Waals surface area contributed by atoms with Gasteiger partial charge in [-0.15, -0.1) is 0 Å². The summed E-state index contributed by atoms with van der Waals surface area (Å²) in [5, 5.41) is 12.9. The lowest BCUT2D eigenvalue weighted by Gasteiger charge is -2.36. The van der Waals surface area contributed by atoms with Crippen LogP contribution in [0.4, 0.5) is 15.8 Å². The first-order chi connectivity index (χ1) is 8.65. The Hall–Kier alpha value is -1.29. The van der Waals surface area contributed by atoms with Crippen molar-refractivity contribution in [3.8, 4) is 0 Å². The highest BCUT2D eigenvalue weighted by atomic mass is 19.1. The van der Waals surface area contributed by atoms with Gasteiger partial charge in [-0.3, -0.25) is 0 Å². The van der Waals surface area contributed by atoms with Crippen LogP contribution in [0.5, 0.6) is 0 Å². The average molecular weight is 252 g/mol. The molecule has 1 aliphatic rings. The highest BCUT2D eigenvalue weighted by molar-refractivity contribution is 5.65. The summed E-state index contributed by atoms with van der Waals surface area (Å²) < 4.78 is 12.9. The van der Waals surface area contributed by atoms with E-state index >= 15 is 0 Å². The standard InChI is InChI=1S/C14H21FN2O/c15-11-4-5-13(12(16)8-11)17-9-14(10-18)6-2-1-3-7-14/h4-5,8,17-18H,1-3,6-7,9-10,16H2. The minimum Gasteiger partial charge on any atom is -0.397 e. The number of rotatable bonds is 4. The number of nitrogen functional groups attached to an aromatic ring is 1. The van der Waals surface area contributed by atoms with Crippen LogP contribution in [0, 0.1) is 11.2 Å². The number of hydrogen-bond donors (Lipinski definition) is 3. The van der Waals surface area contributed by atoms with Crippen molar-refractivity contribution in [2.75, 3.05) is 24.2 Å². The quantitative estimate of drug-likeness (QED) is 0.722. The summed E-state index contributed by atoms with van der Waals surface area (Å²) in [6.45, 7) is 0.889. The monoisotopic (exact) mass is 252 g/mol. The molecule has 1 aliphatic carbocycles. The molecule has 0 spiro atoms. The Morgan fingerprint density at radius 1 is 1.28 bits per heavy atom. The predicted molar refractivity (Wildman–Crippen MR) is 71.9 cm³/mol. The summed E-state index contributed by atoms with van der Waals surface area (Å²) in [4.78, 5) is 0. The zero-order chi connectivity index (χ0) is 13.0. The Morgan fingerprint density at radius 2 is 2.00 bits per heavy atom. The molecule has 3 nitrogen and oxygen atoms in total. The largest absolute Gasteiger partial charge is 0.397 e. The van der Waals surface area contributed by atoms with Gasteiger partial charge in [0, 0.05) is 12.0 Å². The summed E-state index contributed by atoms with van der Waals surface area (Å²) in [7, 11) is 0. The number of hydrogen-bond acceptors (Lipinski definition) is 3. The average Bonchev–Trinajstić information content (AvgIpc) is 2.39. The van der Waals surface area contributed by atoms with Gasteiger partial charge >= 0.3 is 0 Å². The second-order valence-corrected chi connectivity index (χ2v) is 5.30. The van der Waals surface area contributed by atoms with Gasteiger partial charge in [-0.25, -0.2) is 4.39 Å². The third-order valence-electron chi connectivity index (χ3n) is 3.92. The van der Waals surface area contributed by atoms with Crippen molar-refractivity contribution >= 4 is 11.4 Å². The molecule has 4 N–H and O–H groups in total. The van der Waals surface area contributed by atoms with E-state index in [9.17, 15) is 9.50 Å². The first-order valence-corrected chi connectivity index (χ1v) is 6.55. The lowest BCUT2D eigenvalue weighted by Crippen LogP contribution is -2.35. The Kier molecular flexibility index (Phi) is 4.07. The molecule has 1 saturated carbocycles. The second kappa shape index (κ2) is 5.57. The van der Waals surface area contributed by atoms with Crippen LogP contribution >= 0.6 is 0 Å². The topological polar surface area (TPSA) is 58.3 Å². The lowest BCUT2D eigenvalue weighted by atomic mass is 9.74. The van der Waals surface area contributed by atoms with Crippen molar-refractivity contribution in [1.82, 2.24) is 0 Å². The molecule has 0 aromatic heterocycles. The van der Waals surface area contributed by atoms with Gasteiger partial charge < -0.3 is 16.2 Å². The van der Waals surface area contributed by atoms with Crippen molar-refractivity contribution in [2.24, 2.45) is 5.41 Å². The first kappa shape index (κ1) is 13.1. The Bertz CT molecular complexity index is 403. The second-order valence-electron chi connectivity index (χ2n) is 5.30. The fourth-order valence-corrected chi connectivity index (χ4v) is 2.67. The van der Waals surface area contributed by atoms with E-state index in [0.717, 1.165) is 18.5 Å². The van der Waals surface area contributed by atoms with Crippen LogP contribution in [-0.2, 0) is 0 Å². The van der Waals surface area contributed by atoms with Gasteiger partial charge in [0.15, 0.2) is 0 Å². The lowest BCUT2D eigenvalue weighted by molar-refractivity contribution is 0.0944. The first-order valence-electron chi connectivity index (χ1n) is 6.55. The highest BCUT2D eigenvalue weighted by Gasteiger charge is 2.31. The third kappa shape index (κ3) is 2.93. The van der Waals surface area contributed by atoms with Crippen molar-refractivity contribution in [3.05, 3.63) is 24.0 Å². The molecule has 0 bridgehead atoms. The third-order valence-corrected chi connectivity index (χ3v) is 3.92. The van der Waals surface area contributed by atoms with Crippen LogP contribution in [0.25, 0.3) is 0 Å². The SMILES string of the molecule is Nc1cc(F)ccc1NCC1(CO)CCCCC1. The van der Waals surface area contributed by atoms with Crippen molar-refractivity contribution < 1.29 is 9.50 Å². The van der Waals surface area contributed by atoms with Crippen molar-refractivity contribution in [3.63, 3.8) is 0 Å². The van der Waals surface area contributed by atoms with E-state index in [-0.39, 0.29) is 17.8 Å². The van der Waals surface area contributed by atoms with E-state index in [4.69, 9.17) is 5.73 Å². The molecule has 0 saturated heterocycles. The van der Waals surface area contributed by atoms with Crippen LogP contribution in [0.1, 0.15) is 32.1 Å². The summed E-state index contributed by atoms with van der Waals surface area (Å²) in [6.07, 6.45) is 5.66. The Morgan fingerprint density at radius 3 is 2.61 bits per heavy atom. The molecule has 100 valence electrons. The molecular formula is C14H21FN2O. The molecule has 1 aromatic carbocycles. The van der Waals surface area contributed by atoms with Crippen LogP contribution in [0.15, 0.2) is 18.2 Å². The number of aliphatic hydroxyl groups excluding tert-OH is 1. The van der Waals surface area contributed by atoms with E-state index in [2.05, 4.69) is 5.32 Å². The van der Waals surface area contributed by atoms with Crippen LogP contribution in [-0.4, -0.2) is 18.3 Å². The van der Waals surface area contributed by atoms with Gasteiger partial charge in [-0.2, -0.15) is 0 Å². The predicted octanol–water partition coefficient (Wildman–Crippen LogP) is 2.76. The fourth-order valence-electron chi connectivity index (χ4n) is 2.67. The van der Waals surface area contributed by atoms with Gasteiger partial charge in [-0.1, -0.05) is 19.3 Å². The van der Waals surface area contributed by atoms with Crippen molar-refractivity contribution in [1.29, 1.82) is 0 Å². The molecule has 2 rings (SSSR count). The molecule has 0 radical (unpaired) electrons. The molecule has 18 heavy (non-hydrogen) atoms.